The molecule has 1 aromatic rings. The molecule has 0 saturated carbocycles. The van der Waals surface area contributed by atoms with Crippen LogP contribution in [0.4, 0.5) is 0 Å². The fourth-order valence-corrected chi connectivity index (χ4v) is 2.91. The molecule has 0 aliphatic carbocycles. The van der Waals surface area contributed by atoms with Crippen LogP contribution in [0.3, 0.4) is 0 Å². The number of rotatable bonds is 4. The van der Waals surface area contributed by atoms with E-state index in [0.29, 0.717) is 18.8 Å². The maximum absolute atomic E-state index is 12.6. The Hall–Kier alpha value is -1.71. The zero-order valence-electron chi connectivity index (χ0n) is 13.6. The van der Waals surface area contributed by atoms with Gasteiger partial charge in [0.25, 0.3) is 5.91 Å². The van der Waals surface area contributed by atoms with Gasteiger partial charge in [0.2, 0.25) is 5.43 Å². The second kappa shape index (κ2) is 6.06. The summed E-state index contributed by atoms with van der Waals surface area (Å²) >= 11 is -2.15. The van der Waals surface area contributed by atoms with E-state index in [9.17, 15) is 23.5 Å². The van der Waals surface area contributed by atoms with E-state index in [4.69, 9.17) is 0 Å². The number of carbonyl (C=O) groups excluding carboxylic acids is 1. The largest absolute Gasteiger partial charge is 0.503 e. The first-order valence-electron chi connectivity index (χ1n) is 7.27. The minimum Gasteiger partial charge on any atom is -0.503 e. The number of hydrogen-bond acceptors (Lipinski definition) is 4. The first-order valence-corrected chi connectivity index (χ1v) is 8.34. The van der Waals surface area contributed by atoms with Crippen LogP contribution in [0, 0.1) is 0 Å². The summed E-state index contributed by atoms with van der Waals surface area (Å²) in [4.78, 5) is 26.2. The number of hydrogen-bond donors (Lipinski definition) is 2. The van der Waals surface area contributed by atoms with Gasteiger partial charge in [-0.3, -0.25) is 14.1 Å². The molecule has 23 heavy (non-hydrogen) atoms. The number of quaternary nitrogens is 1. The van der Waals surface area contributed by atoms with Crippen molar-refractivity contribution >= 4 is 17.2 Å². The van der Waals surface area contributed by atoms with E-state index >= 15 is 0 Å². The van der Waals surface area contributed by atoms with Crippen molar-refractivity contribution in [2.24, 2.45) is 0 Å². The molecule has 0 spiro atoms. The Bertz CT molecular complexity index is 726. The predicted molar refractivity (Wildman–Crippen MR) is 85.1 cm³/mol. The van der Waals surface area contributed by atoms with Crippen molar-refractivity contribution < 1.29 is 22.6 Å². The number of aromatic hydroxyl groups is 1. The summed E-state index contributed by atoms with van der Waals surface area (Å²) in [7, 11) is 3.09. The molecule has 8 nitrogen and oxygen atoms in total. The maximum atomic E-state index is 12.6. The molecule has 2 N–H and O–H groups in total. The van der Waals surface area contributed by atoms with Crippen LogP contribution in [0.1, 0.15) is 30.0 Å². The molecule has 2 heterocycles. The van der Waals surface area contributed by atoms with Crippen LogP contribution in [0.15, 0.2) is 10.9 Å². The van der Waals surface area contributed by atoms with E-state index in [-0.39, 0.29) is 22.2 Å². The Morgan fingerprint density at radius 2 is 1.91 bits per heavy atom. The Kier molecular flexibility index (Phi) is 4.65. The zero-order chi connectivity index (χ0) is 17.5. The zero-order valence-corrected chi connectivity index (χ0v) is 14.5. The summed E-state index contributed by atoms with van der Waals surface area (Å²) in [5, 5.41) is 10.1. The van der Waals surface area contributed by atoms with Gasteiger partial charge in [0.15, 0.2) is 11.4 Å². The molecule has 1 aliphatic heterocycles. The molecule has 0 radical (unpaired) electrons. The minimum atomic E-state index is -2.15. The molecule has 0 saturated heterocycles. The summed E-state index contributed by atoms with van der Waals surface area (Å²) in [6.07, 6.45) is 0. The Labute approximate surface area is 136 Å². The third-order valence-electron chi connectivity index (χ3n) is 3.99. The van der Waals surface area contributed by atoms with Gasteiger partial charge in [-0.1, -0.05) is 0 Å². The molecule has 1 amide bonds. The average Bonchev–Trinajstić information content (AvgIpc) is 2.43. The van der Waals surface area contributed by atoms with Crippen molar-refractivity contribution in [3.63, 3.8) is 0 Å². The summed E-state index contributed by atoms with van der Waals surface area (Å²) in [6, 6.07) is 1.18. The van der Waals surface area contributed by atoms with Crippen LogP contribution in [0.25, 0.3) is 0 Å². The topological polar surface area (TPSA) is 99.8 Å². The first-order chi connectivity index (χ1) is 10.6. The van der Waals surface area contributed by atoms with Crippen molar-refractivity contribution in [2.75, 3.05) is 20.6 Å². The van der Waals surface area contributed by atoms with Crippen LogP contribution in [0.5, 0.6) is 5.75 Å². The highest BCUT2D eigenvalue weighted by Gasteiger charge is 2.33. The van der Waals surface area contributed by atoms with E-state index in [0.717, 1.165) is 0 Å². The Balaban J connectivity index is 2.58. The number of nitrogens with zero attached hydrogens (tertiary/aromatic N) is 3. The van der Waals surface area contributed by atoms with Gasteiger partial charge in [-0.15, -0.1) is 0 Å². The smallest absolute Gasteiger partial charge is 0.358 e. The standard InChI is InChI=1S/C14H21N3O5S/c1-9(2)15-5-6-16-10(8-17(3,4)23(21)22)7-11(18)13(19)12(16)14(15)20/h7,9H,5-6,8H2,1-4H3,(H-,19,20,21,22)/p+1. The predicted octanol–water partition coefficient (Wildman–Crippen LogP) is 0.131. The van der Waals surface area contributed by atoms with Crippen molar-refractivity contribution in [3.8, 4) is 5.75 Å². The second-order valence-corrected chi connectivity index (χ2v) is 7.85. The third-order valence-corrected chi connectivity index (χ3v) is 4.96. The average molecular weight is 344 g/mol. The summed E-state index contributed by atoms with van der Waals surface area (Å²) < 4.78 is 22.1. The van der Waals surface area contributed by atoms with E-state index in [1.807, 2.05) is 13.8 Å². The lowest BCUT2D eigenvalue weighted by molar-refractivity contribution is -0.777. The number of amides is 1. The van der Waals surface area contributed by atoms with Crippen LogP contribution < -0.4 is 5.43 Å². The van der Waals surface area contributed by atoms with Gasteiger partial charge in [-0.2, -0.15) is 4.21 Å². The van der Waals surface area contributed by atoms with Crippen molar-refractivity contribution in [2.45, 2.75) is 33.0 Å². The summed E-state index contributed by atoms with van der Waals surface area (Å²) in [6.45, 7) is 4.68. The minimum absolute atomic E-state index is 0.0452. The van der Waals surface area contributed by atoms with Crippen LogP contribution >= 0.6 is 0 Å². The molecular weight excluding hydrogens is 322 g/mol. The highest BCUT2D eigenvalue weighted by molar-refractivity contribution is 7.73. The molecule has 9 heteroatoms. The molecule has 1 unspecified atom stereocenters. The number of fused-ring (bicyclic) bond motifs is 1. The monoisotopic (exact) mass is 344 g/mol. The van der Waals surface area contributed by atoms with E-state index in [1.54, 1.807) is 23.6 Å². The first kappa shape index (κ1) is 17.6. The normalized spacial score (nSPS) is 16.6. The van der Waals surface area contributed by atoms with Gasteiger partial charge < -0.3 is 14.6 Å². The maximum Gasteiger partial charge on any atom is 0.358 e. The van der Waals surface area contributed by atoms with E-state index < -0.39 is 28.4 Å². The highest BCUT2D eigenvalue weighted by Crippen LogP contribution is 2.24. The van der Waals surface area contributed by atoms with Crippen molar-refractivity contribution in [1.29, 1.82) is 0 Å². The molecule has 0 fully saturated rings. The molecule has 128 valence electrons. The fraction of sp³-hybridized carbons (Fsp3) is 0.571. The number of pyridine rings is 1. The SMILES string of the molecule is CC(C)N1CCn2c(C[N+](C)(C)S(=O)O)cc(=O)c(O)c2C1=O. The van der Waals surface area contributed by atoms with Crippen molar-refractivity contribution in [1.82, 2.24) is 9.47 Å². The molecule has 0 aromatic carbocycles. The lowest BCUT2D eigenvalue weighted by Crippen LogP contribution is -2.47. The van der Waals surface area contributed by atoms with Gasteiger partial charge in [-0.05, 0) is 13.8 Å². The quantitative estimate of drug-likeness (QED) is 0.597. The number of carbonyl (C=O) groups is 1. The molecule has 1 atom stereocenters. The molecule has 0 bridgehead atoms. The molecule has 1 aromatic heterocycles. The van der Waals surface area contributed by atoms with Gasteiger partial charge in [0, 0.05) is 25.2 Å². The number of aromatic nitrogens is 1. The van der Waals surface area contributed by atoms with E-state index in [2.05, 4.69) is 0 Å². The van der Waals surface area contributed by atoms with Crippen LogP contribution in [-0.4, -0.2) is 59.8 Å². The van der Waals surface area contributed by atoms with E-state index in [1.165, 1.54) is 6.07 Å². The van der Waals surface area contributed by atoms with Crippen molar-refractivity contribution in [3.05, 3.63) is 27.7 Å². The van der Waals surface area contributed by atoms with Gasteiger partial charge in [0.05, 0.1) is 19.8 Å². The lowest BCUT2D eigenvalue weighted by Gasteiger charge is -2.35. The third kappa shape index (κ3) is 3.17. The summed E-state index contributed by atoms with van der Waals surface area (Å²) in [5.74, 6) is -0.974. The van der Waals surface area contributed by atoms with Gasteiger partial charge >= 0.3 is 11.3 Å². The summed E-state index contributed by atoms with van der Waals surface area (Å²) in [5.41, 5.74) is -0.253. The van der Waals surface area contributed by atoms with Gasteiger partial charge in [0.1, 0.15) is 6.54 Å². The van der Waals surface area contributed by atoms with Gasteiger partial charge in [-0.25, -0.2) is 3.89 Å². The fourth-order valence-electron chi connectivity index (χ4n) is 2.67. The molecular formula is C14H22N3O5S+. The molecule has 1 aliphatic rings. The Morgan fingerprint density at radius 3 is 2.43 bits per heavy atom. The molecule has 2 rings (SSSR count). The Morgan fingerprint density at radius 1 is 1.30 bits per heavy atom. The van der Waals surface area contributed by atoms with Crippen LogP contribution in [-0.2, 0) is 24.4 Å². The van der Waals surface area contributed by atoms with Crippen LogP contribution in [0.2, 0.25) is 0 Å². The lowest BCUT2D eigenvalue weighted by atomic mass is 10.1. The highest BCUT2D eigenvalue weighted by atomic mass is 32.2. The second-order valence-electron chi connectivity index (χ2n) is 6.40.